The maximum absolute atomic E-state index is 9.07. The summed E-state index contributed by atoms with van der Waals surface area (Å²) in [6.45, 7) is 4.82. The molecular weight excluding hydrogens is 290 g/mol. The van der Waals surface area contributed by atoms with Gasteiger partial charge in [0, 0.05) is 18.5 Å². The molecule has 5 nitrogen and oxygen atoms in total. The van der Waals surface area contributed by atoms with Crippen molar-refractivity contribution in [2.45, 2.75) is 39.3 Å². The van der Waals surface area contributed by atoms with Gasteiger partial charge < -0.3 is 9.52 Å². The van der Waals surface area contributed by atoms with Crippen molar-refractivity contribution in [2.75, 3.05) is 0 Å². The van der Waals surface area contributed by atoms with Crippen molar-refractivity contribution >= 4 is 0 Å². The molecule has 3 rings (SSSR count). The number of hydrogen-bond donors (Lipinski definition) is 1. The summed E-state index contributed by atoms with van der Waals surface area (Å²) >= 11 is 0. The van der Waals surface area contributed by atoms with E-state index in [0.717, 1.165) is 34.8 Å². The van der Waals surface area contributed by atoms with Crippen LogP contribution >= 0.6 is 0 Å². The van der Waals surface area contributed by atoms with E-state index < -0.39 is 0 Å². The van der Waals surface area contributed by atoms with E-state index in [1.54, 1.807) is 0 Å². The van der Waals surface area contributed by atoms with E-state index in [1.807, 2.05) is 54.2 Å². The van der Waals surface area contributed by atoms with E-state index in [4.69, 9.17) is 9.52 Å². The van der Waals surface area contributed by atoms with E-state index in [9.17, 15) is 0 Å². The van der Waals surface area contributed by atoms with Crippen molar-refractivity contribution in [2.24, 2.45) is 0 Å². The standard InChI is InChI=1S/C18H21N3O2/c1-13(18-8-3-14(2)23-18)9-17-11-21(20-19-17)10-15-4-6-16(12-22)7-5-15/h3-8,11,13,22H,9-10,12H2,1-2H3/t13-/m1/s1. The van der Waals surface area contributed by atoms with Crippen molar-refractivity contribution in [3.63, 3.8) is 0 Å². The van der Waals surface area contributed by atoms with Crippen LogP contribution in [-0.4, -0.2) is 20.1 Å². The highest BCUT2D eigenvalue weighted by Crippen LogP contribution is 2.21. The topological polar surface area (TPSA) is 64.1 Å². The lowest BCUT2D eigenvalue weighted by Gasteiger charge is -2.05. The third-order valence-corrected chi connectivity index (χ3v) is 3.90. The van der Waals surface area contributed by atoms with Crippen LogP contribution < -0.4 is 0 Å². The highest BCUT2D eigenvalue weighted by molar-refractivity contribution is 5.22. The molecular formula is C18H21N3O2. The van der Waals surface area contributed by atoms with Gasteiger partial charge in [0.05, 0.1) is 18.8 Å². The van der Waals surface area contributed by atoms with Crippen LogP contribution in [0.1, 0.15) is 41.2 Å². The molecule has 1 atom stereocenters. The van der Waals surface area contributed by atoms with Gasteiger partial charge >= 0.3 is 0 Å². The summed E-state index contributed by atoms with van der Waals surface area (Å²) in [6.07, 6.45) is 2.78. The molecule has 120 valence electrons. The van der Waals surface area contributed by atoms with Crippen LogP contribution in [0.25, 0.3) is 0 Å². The number of furan rings is 1. The fourth-order valence-electron chi connectivity index (χ4n) is 2.58. The number of nitrogens with zero attached hydrogens (tertiary/aromatic N) is 3. The van der Waals surface area contributed by atoms with Gasteiger partial charge in [-0.3, -0.25) is 0 Å². The van der Waals surface area contributed by atoms with E-state index >= 15 is 0 Å². The zero-order chi connectivity index (χ0) is 16.2. The Hall–Kier alpha value is -2.40. The molecule has 2 heterocycles. The molecule has 0 aliphatic carbocycles. The number of aliphatic hydroxyl groups is 1. The molecule has 0 saturated carbocycles. The fourth-order valence-corrected chi connectivity index (χ4v) is 2.58. The smallest absolute Gasteiger partial charge is 0.107 e. The SMILES string of the molecule is Cc1ccc([C@H](C)Cc2cn(Cc3ccc(CO)cc3)nn2)o1. The van der Waals surface area contributed by atoms with Gasteiger partial charge in [0.15, 0.2) is 0 Å². The van der Waals surface area contributed by atoms with Gasteiger partial charge in [-0.1, -0.05) is 36.4 Å². The Kier molecular flexibility index (Phi) is 4.57. The van der Waals surface area contributed by atoms with Crippen molar-refractivity contribution in [3.8, 4) is 0 Å². The molecule has 0 aliphatic rings. The minimum absolute atomic E-state index is 0.0674. The Morgan fingerprint density at radius 3 is 2.52 bits per heavy atom. The first-order valence-corrected chi connectivity index (χ1v) is 7.78. The maximum atomic E-state index is 9.07. The monoisotopic (exact) mass is 311 g/mol. The molecule has 0 bridgehead atoms. The molecule has 0 fully saturated rings. The van der Waals surface area contributed by atoms with Crippen LogP contribution in [0.2, 0.25) is 0 Å². The van der Waals surface area contributed by atoms with E-state index in [-0.39, 0.29) is 12.5 Å². The van der Waals surface area contributed by atoms with Crippen LogP contribution in [0.4, 0.5) is 0 Å². The molecule has 23 heavy (non-hydrogen) atoms. The summed E-state index contributed by atoms with van der Waals surface area (Å²) in [5, 5.41) is 17.5. The second kappa shape index (κ2) is 6.79. The van der Waals surface area contributed by atoms with E-state index in [0.29, 0.717) is 6.54 Å². The van der Waals surface area contributed by atoms with E-state index in [1.165, 1.54) is 0 Å². The molecule has 1 N–H and O–H groups in total. The zero-order valence-corrected chi connectivity index (χ0v) is 13.4. The predicted molar refractivity (Wildman–Crippen MR) is 87.1 cm³/mol. The number of benzene rings is 1. The molecule has 0 radical (unpaired) electrons. The van der Waals surface area contributed by atoms with Crippen LogP contribution in [0.3, 0.4) is 0 Å². The molecule has 0 spiro atoms. The summed E-state index contributed by atoms with van der Waals surface area (Å²) in [4.78, 5) is 0. The van der Waals surface area contributed by atoms with Gasteiger partial charge in [-0.15, -0.1) is 5.10 Å². The minimum Gasteiger partial charge on any atom is -0.466 e. The lowest BCUT2D eigenvalue weighted by Crippen LogP contribution is -2.00. The van der Waals surface area contributed by atoms with Crippen LogP contribution in [0.15, 0.2) is 47.0 Å². The van der Waals surface area contributed by atoms with Gasteiger partial charge in [-0.25, -0.2) is 4.68 Å². The third kappa shape index (κ3) is 3.87. The Balaban J connectivity index is 1.63. The minimum atomic E-state index is 0.0674. The summed E-state index contributed by atoms with van der Waals surface area (Å²) in [5.41, 5.74) is 3.00. The molecule has 0 saturated heterocycles. The molecule has 0 unspecified atom stereocenters. The second-order valence-corrected chi connectivity index (χ2v) is 5.94. The van der Waals surface area contributed by atoms with Crippen LogP contribution in [-0.2, 0) is 19.6 Å². The van der Waals surface area contributed by atoms with Gasteiger partial charge in [0.1, 0.15) is 11.5 Å². The van der Waals surface area contributed by atoms with Crippen LogP contribution in [0, 0.1) is 6.92 Å². The second-order valence-electron chi connectivity index (χ2n) is 5.94. The molecule has 5 heteroatoms. The van der Waals surface area contributed by atoms with Crippen molar-refractivity contribution in [1.29, 1.82) is 0 Å². The molecule has 3 aromatic rings. The Morgan fingerprint density at radius 1 is 1.13 bits per heavy atom. The highest BCUT2D eigenvalue weighted by atomic mass is 16.3. The molecule has 0 amide bonds. The lowest BCUT2D eigenvalue weighted by molar-refractivity contribution is 0.282. The number of hydrogen-bond acceptors (Lipinski definition) is 4. The lowest BCUT2D eigenvalue weighted by atomic mass is 10.0. The molecule has 1 aromatic carbocycles. The summed E-state index contributed by atoms with van der Waals surface area (Å²) in [5.74, 6) is 2.19. The van der Waals surface area contributed by atoms with Gasteiger partial charge in [-0.05, 0) is 30.2 Å². The zero-order valence-electron chi connectivity index (χ0n) is 13.4. The van der Waals surface area contributed by atoms with Crippen molar-refractivity contribution < 1.29 is 9.52 Å². The van der Waals surface area contributed by atoms with Gasteiger partial charge in [0.25, 0.3) is 0 Å². The fraction of sp³-hybridized carbons (Fsp3) is 0.333. The Bertz CT molecular complexity index is 759. The quantitative estimate of drug-likeness (QED) is 0.760. The first kappa shape index (κ1) is 15.5. The van der Waals surface area contributed by atoms with Crippen molar-refractivity contribution in [1.82, 2.24) is 15.0 Å². The number of aryl methyl sites for hydroxylation is 1. The normalized spacial score (nSPS) is 12.5. The van der Waals surface area contributed by atoms with Gasteiger partial charge in [-0.2, -0.15) is 0 Å². The highest BCUT2D eigenvalue weighted by Gasteiger charge is 2.13. The van der Waals surface area contributed by atoms with E-state index in [2.05, 4.69) is 17.2 Å². The molecule has 0 aliphatic heterocycles. The average Bonchev–Trinajstić information content (AvgIpc) is 3.17. The number of aromatic nitrogens is 3. The first-order chi connectivity index (χ1) is 11.1. The summed E-state index contributed by atoms with van der Waals surface area (Å²) in [6, 6.07) is 11.9. The largest absolute Gasteiger partial charge is 0.466 e. The van der Waals surface area contributed by atoms with Gasteiger partial charge in [0.2, 0.25) is 0 Å². The first-order valence-electron chi connectivity index (χ1n) is 7.78. The predicted octanol–water partition coefficient (Wildman–Crippen LogP) is 3.07. The van der Waals surface area contributed by atoms with Crippen molar-refractivity contribution in [3.05, 3.63) is 70.9 Å². The molecule has 2 aromatic heterocycles. The summed E-state index contributed by atoms with van der Waals surface area (Å²) in [7, 11) is 0. The number of aliphatic hydroxyl groups excluding tert-OH is 1. The Morgan fingerprint density at radius 2 is 1.87 bits per heavy atom. The Labute approximate surface area is 135 Å². The maximum Gasteiger partial charge on any atom is 0.107 e. The summed E-state index contributed by atoms with van der Waals surface area (Å²) < 4.78 is 7.50. The van der Waals surface area contributed by atoms with Crippen LogP contribution in [0.5, 0.6) is 0 Å². The third-order valence-electron chi connectivity index (χ3n) is 3.90. The average molecular weight is 311 g/mol. The number of rotatable bonds is 6.